The van der Waals surface area contributed by atoms with Gasteiger partial charge in [-0.05, 0) is 46.0 Å². The van der Waals surface area contributed by atoms with Crippen molar-refractivity contribution in [3.05, 3.63) is 10.9 Å². The minimum Gasteiger partial charge on any atom is -0.369 e. The van der Waals surface area contributed by atoms with E-state index in [1.54, 1.807) is 11.3 Å². The fourth-order valence-electron chi connectivity index (χ4n) is 2.15. The van der Waals surface area contributed by atoms with Crippen molar-refractivity contribution in [1.82, 2.24) is 14.9 Å². The van der Waals surface area contributed by atoms with Gasteiger partial charge >= 0.3 is 0 Å². The van der Waals surface area contributed by atoms with Gasteiger partial charge in [0, 0.05) is 18.5 Å². The van der Waals surface area contributed by atoms with Crippen LogP contribution in [0.15, 0.2) is 6.07 Å². The molecule has 2 heterocycles. The second-order valence-corrected chi connectivity index (χ2v) is 6.48. The lowest BCUT2D eigenvalue weighted by Crippen LogP contribution is -2.14. The third-order valence-electron chi connectivity index (χ3n) is 3.34. The van der Waals surface area contributed by atoms with Crippen LogP contribution in [0.1, 0.15) is 24.6 Å². The quantitative estimate of drug-likeness (QED) is 0.734. The van der Waals surface area contributed by atoms with E-state index in [2.05, 4.69) is 52.6 Å². The summed E-state index contributed by atoms with van der Waals surface area (Å²) in [6.45, 7) is 4.24. The summed E-state index contributed by atoms with van der Waals surface area (Å²) in [6.07, 6.45) is 3.37. The molecule has 6 heteroatoms. The highest BCUT2D eigenvalue weighted by Gasteiger charge is 2.10. The molecule has 0 aliphatic rings. The third kappa shape index (κ3) is 4.28. The van der Waals surface area contributed by atoms with Crippen molar-refractivity contribution in [1.29, 1.82) is 0 Å². The predicted molar refractivity (Wildman–Crippen MR) is 92.6 cm³/mol. The van der Waals surface area contributed by atoms with Gasteiger partial charge in [0.15, 0.2) is 0 Å². The summed E-state index contributed by atoms with van der Waals surface area (Å²) >= 11 is 1.75. The van der Waals surface area contributed by atoms with Crippen LogP contribution in [0, 0.1) is 0 Å². The predicted octanol–water partition coefficient (Wildman–Crippen LogP) is 3.05. The van der Waals surface area contributed by atoms with Gasteiger partial charge in [0.2, 0.25) is 5.95 Å². The molecule has 0 bridgehead atoms. The van der Waals surface area contributed by atoms with E-state index < -0.39 is 0 Å². The SMILES string of the molecule is CCc1cc2c(NCCCCN(C)C)nc(NC)nc2s1. The van der Waals surface area contributed by atoms with Gasteiger partial charge in [0.1, 0.15) is 10.6 Å². The zero-order valence-electron chi connectivity index (χ0n) is 13.4. The van der Waals surface area contributed by atoms with Gasteiger partial charge in [-0.1, -0.05) is 6.92 Å². The molecule has 0 fully saturated rings. The molecule has 0 aliphatic heterocycles. The summed E-state index contributed by atoms with van der Waals surface area (Å²) in [4.78, 5) is 13.7. The molecule has 0 saturated carbocycles. The van der Waals surface area contributed by atoms with E-state index in [1.165, 1.54) is 11.3 Å². The lowest BCUT2D eigenvalue weighted by Gasteiger charge is -2.10. The second-order valence-electron chi connectivity index (χ2n) is 5.37. The Bertz CT molecular complexity index is 579. The van der Waals surface area contributed by atoms with Crippen LogP contribution in [0.3, 0.4) is 0 Å². The Labute approximate surface area is 130 Å². The molecule has 0 aromatic carbocycles. The first kappa shape index (κ1) is 16.0. The largest absolute Gasteiger partial charge is 0.369 e. The molecule has 5 nitrogen and oxygen atoms in total. The maximum Gasteiger partial charge on any atom is 0.225 e. The number of thiophene rings is 1. The summed E-state index contributed by atoms with van der Waals surface area (Å²) in [7, 11) is 6.08. The summed E-state index contributed by atoms with van der Waals surface area (Å²) in [5.74, 6) is 1.63. The van der Waals surface area contributed by atoms with Crippen molar-refractivity contribution >= 4 is 33.3 Å². The van der Waals surface area contributed by atoms with Crippen molar-refractivity contribution in [3.63, 3.8) is 0 Å². The molecule has 0 spiro atoms. The molecular formula is C15H25N5S. The molecule has 2 aromatic rings. The average molecular weight is 307 g/mol. The topological polar surface area (TPSA) is 53.1 Å². The zero-order valence-corrected chi connectivity index (χ0v) is 14.2. The number of unbranched alkanes of at least 4 members (excludes halogenated alkanes) is 1. The Balaban J connectivity index is 2.08. The summed E-state index contributed by atoms with van der Waals surface area (Å²) < 4.78 is 0. The Morgan fingerprint density at radius 2 is 2.05 bits per heavy atom. The highest BCUT2D eigenvalue weighted by Crippen LogP contribution is 2.30. The van der Waals surface area contributed by atoms with Crippen LogP contribution in [0.2, 0.25) is 0 Å². The first-order chi connectivity index (χ1) is 10.1. The number of aromatic nitrogens is 2. The molecular weight excluding hydrogens is 282 g/mol. The monoisotopic (exact) mass is 307 g/mol. The van der Waals surface area contributed by atoms with E-state index in [9.17, 15) is 0 Å². The molecule has 0 aliphatic carbocycles. The lowest BCUT2D eigenvalue weighted by molar-refractivity contribution is 0.396. The Hall–Kier alpha value is -1.40. The number of nitrogens with zero attached hydrogens (tertiary/aromatic N) is 3. The van der Waals surface area contributed by atoms with E-state index in [-0.39, 0.29) is 0 Å². The number of rotatable bonds is 8. The van der Waals surface area contributed by atoms with Crippen LogP contribution in [-0.4, -0.2) is 49.1 Å². The molecule has 116 valence electrons. The van der Waals surface area contributed by atoms with Gasteiger partial charge in [-0.25, -0.2) is 4.98 Å². The van der Waals surface area contributed by atoms with E-state index in [4.69, 9.17) is 0 Å². The number of hydrogen-bond acceptors (Lipinski definition) is 6. The van der Waals surface area contributed by atoms with Gasteiger partial charge in [0.25, 0.3) is 0 Å². The van der Waals surface area contributed by atoms with Crippen molar-refractivity contribution in [2.24, 2.45) is 0 Å². The van der Waals surface area contributed by atoms with Crippen LogP contribution in [0.4, 0.5) is 11.8 Å². The Morgan fingerprint density at radius 3 is 2.71 bits per heavy atom. The molecule has 2 aromatic heterocycles. The smallest absolute Gasteiger partial charge is 0.225 e. The van der Waals surface area contributed by atoms with Crippen molar-refractivity contribution in [3.8, 4) is 0 Å². The van der Waals surface area contributed by atoms with Gasteiger partial charge < -0.3 is 15.5 Å². The average Bonchev–Trinajstić information content (AvgIpc) is 2.89. The molecule has 0 saturated heterocycles. The first-order valence-corrected chi connectivity index (χ1v) is 8.32. The maximum absolute atomic E-state index is 4.56. The maximum atomic E-state index is 4.56. The normalized spacial score (nSPS) is 11.3. The standard InChI is InChI=1S/C15H25N5S/c1-5-11-10-12-13(17-8-6-7-9-20(3)4)18-15(16-2)19-14(12)21-11/h10H,5-9H2,1-4H3,(H2,16,17,18,19). The summed E-state index contributed by atoms with van der Waals surface area (Å²) in [5, 5.41) is 7.65. The van der Waals surface area contributed by atoms with Gasteiger partial charge in [-0.2, -0.15) is 4.98 Å². The highest BCUT2D eigenvalue weighted by molar-refractivity contribution is 7.18. The van der Waals surface area contributed by atoms with Crippen molar-refractivity contribution in [2.75, 3.05) is 44.9 Å². The number of nitrogens with one attached hydrogen (secondary N) is 2. The fraction of sp³-hybridized carbons (Fsp3) is 0.600. The number of aryl methyl sites for hydroxylation is 1. The van der Waals surface area contributed by atoms with Crippen molar-refractivity contribution in [2.45, 2.75) is 26.2 Å². The Kier molecular flexibility index (Phi) is 5.76. The van der Waals surface area contributed by atoms with Crippen LogP contribution < -0.4 is 10.6 Å². The van der Waals surface area contributed by atoms with E-state index in [1.807, 2.05) is 7.05 Å². The highest BCUT2D eigenvalue weighted by atomic mass is 32.1. The second kappa shape index (κ2) is 7.56. The first-order valence-electron chi connectivity index (χ1n) is 7.50. The van der Waals surface area contributed by atoms with Gasteiger partial charge in [-0.3, -0.25) is 0 Å². The minimum absolute atomic E-state index is 0.683. The number of hydrogen-bond donors (Lipinski definition) is 2. The zero-order chi connectivity index (χ0) is 15.2. The molecule has 2 N–H and O–H groups in total. The molecule has 0 atom stereocenters. The van der Waals surface area contributed by atoms with E-state index in [0.29, 0.717) is 5.95 Å². The third-order valence-corrected chi connectivity index (χ3v) is 4.51. The van der Waals surface area contributed by atoms with Crippen LogP contribution in [-0.2, 0) is 6.42 Å². The fourth-order valence-corrected chi connectivity index (χ4v) is 3.12. The number of fused-ring (bicyclic) bond motifs is 1. The Morgan fingerprint density at radius 1 is 1.24 bits per heavy atom. The summed E-state index contributed by atoms with van der Waals surface area (Å²) in [6, 6.07) is 2.21. The van der Waals surface area contributed by atoms with Crippen LogP contribution in [0.25, 0.3) is 10.2 Å². The van der Waals surface area contributed by atoms with Crippen LogP contribution >= 0.6 is 11.3 Å². The van der Waals surface area contributed by atoms with E-state index in [0.717, 1.165) is 42.0 Å². The minimum atomic E-state index is 0.683. The molecule has 21 heavy (non-hydrogen) atoms. The molecule has 0 unspecified atom stereocenters. The summed E-state index contributed by atoms with van der Waals surface area (Å²) in [5.41, 5.74) is 0. The molecule has 0 radical (unpaired) electrons. The van der Waals surface area contributed by atoms with E-state index >= 15 is 0 Å². The molecule has 2 rings (SSSR count). The van der Waals surface area contributed by atoms with Gasteiger partial charge in [0.05, 0.1) is 5.39 Å². The molecule has 0 amide bonds. The number of anilines is 2. The lowest BCUT2D eigenvalue weighted by atomic mass is 10.2. The van der Waals surface area contributed by atoms with Gasteiger partial charge in [-0.15, -0.1) is 11.3 Å². The van der Waals surface area contributed by atoms with Crippen LogP contribution in [0.5, 0.6) is 0 Å². The van der Waals surface area contributed by atoms with Crippen molar-refractivity contribution < 1.29 is 0 Å².